The van der Waals surface area contributed by atoms with Crippen molar-refractivity contribution < 1.29 is 13.2 Å². The molecule has 0 amide bonds. The van der Waals surface area contributed by atoms with E-state index < -0.39 is 12.2 Å². The van der Waals surface area contributed by atoms with Gasteiger partial charge < -0.3 is 0 Å². The average Bonchev–Trinajstić information content (AvgIpc) is 2.76. The number of nitrogens with zero attached hydrogens (tertiary/aromatic N) is 2. The molecular weight excluding hydrogens is 267 g/mol. The molecule has 0 aromatic carbocycles. The van der Waals surface area contributed by atoms with Gasteiger partial charge >= 0.3 is 6.18 Å². The standard InChI is InChI=1S/C12H18F3N3.C2H6/c1-7-6-10-16-9-5-3-2-4-8(9)11(12(13,14)15)18(10)17-7;1-2/h8-11,16H,2-6H2,1H3;1-2H3/t8?,9-,10?,11+;/m1./s1. The molecule has 2 heterocycles. The second kappa shape index (κ2) is 5.92. The Labute approximate surface area is 118 Å². The summed E-state index contributed by atoms with van der Waals surface area (Å²) in [5, 5.41) is 8.76. The van der Waals surface area contributed by atoms with Crippen LogP contribution in [0, 0.1) is 5.92 Å². The molecule has 2 fully saturated rings. The van der Waals surface area contributed by atoms with Crippen molar-refractivity contribution in [2.75, 3.05) is 0 Å². The maximum atomic E-state index is 13.3. The van der Waals surface area contributed by atoms with Crippen molar-refractivity contribution in [1.82, 2.24) is 10.3 Å². The first-order valence-electron chi connectivity index (χ1n) is 7.62. The van der Waals surface area contributed by atoms with Crippen LogP contribution >= 0.6 is 0 Å². The van der Waals surface area contributed by atoms with Gasteiger partial charge in [-0.05, 0) is 19.8 Å². The van der Waals surface area contributed by atoms with Gasteiger partial charge in [-0.3, -0.25) is 10.3 Å². The summed E-state index contributed by atoms with van der Waals surface area (Å²) in [4.78, 5) is 0. The van der Waals surface area contributed by atoms with Gasteiger partial charge in [0.2, 0.25) is 0 Å². The fourth-order valence-electron chi connectivity index (χ4n) is 3.65. The van der Waals surface area contributed by atoms with Crippen LogP contribution in [0.2, 0.25) is 0 Å². The zero-order chi connectivity index (χ0) is 14.9. The monoisotopic (exact) mass is 291 g/mol. The zero-order valence-electron chi connectivity index (χ0n) is 12.4. The molecule has 0 aromatic heterocycles. The predicted octanol–water partition coefficient (Wildman–Crippen LogP) is 3.51. The molecule has 0 aromatic rings. The number of hydrogen-bond acceptors (Lipinski definition) is 3. The second-order valence-electron chi connectivity index (χ2n) is 5.64. The minimum absolute atomic E-state index is 0.00715. The fourth-order valence-corrected chi connectivity index (χ4v) is 3.65. The first kappa shape index (κ1) is 15.6. The molecule has 2 unspecified atom stereocenters. The molecule has 20 heavy (non-hydrogen) atoms. The Morgan fingerprint density at radius 3 is 2.50 bits per heavy atom. The quantitative estimate of drug-likeness (QED) is 0.739. The smallest absolute Gasteiger partial charge is 0.293 e. The Bertz CT molecular complexity index is 367. The second-order valence-corrected chi connectivity index (χ2v) is 5.64. The summed E-state index contributed by atoms with van der Waals surface area (Å²) in [6.07, 6.45) is -0.386. The molecule has 1 saturated carbocycles. The molecule has 1 aliphatic carbocycles. The molecule has 1 N–H and O–H groups in total. The summed E-state index contributed by atoms with van der Waals surface area (Å²) >= 11 is 0. The molecule has 3 nitrogen and oxygen atoms in total. The van der Waals surface area contributed by atoms with Crippen LogP contribution in [-0.4, -0.2) is 35.1 Å². The van der Waals surface area contributed by atoms with Crippen LogP contribution in [0.1, 0.15) is 52.9 Å². The van der Waals surface area contributed by atoms with E-state index in [-0.39, 0.29) is 18.1 Å². The van der Waals surface area contributed by atoms with Gasteiger partial charge in [0.1, 0.15) is 12.2 Å². The highest BCUT2D eigenvalue weighted by molar-refractivity contribution is 5.83. The summed E-state index contributed by atoms with van der Waals surface area (Å²) < 4.78 is 40.0. The molecular formula is C14H24F3N3. The lowest BCUT2D eigenvalue weighted by molar-refractivity contribution is -0.221. The Balaban J connectivity index is 0.000000704. The molecule has 3 aliphatic rings. The lowest BCUT2D eigenvalue weighted by Crippen LogP contribution is -2.66. The highest BCUT2D eigenvalue weighted by Gasteiger charge is 2.56. The van der Waals surface area contributed by atoms with Gasteiger partial charge in [-0.25, -0.2) is 0 Å². The van der Waals surface area contributed by atoms with E-state index in [2.05, 4.69) is 10.4 Å². The SMILES string of the molecule is CC.CC1=NN2C(C1)N[C@@H]1CCCCC1[C@H]2C(F)(F)F. The van der Waals surface area contributed by atoms with Crippen LogP contribution in [0.5, 0.6) is 0 Å². The topological polar surface area (TPSA) is 27.6 Å². The number of halogens is 3. The highest BCUT2D eigenvalue weighted by Crippen LogP contribution is 2.43. The van der Waals surface area contributed by atoms with Crippen molar-refractivity contribution in [3.05, 3.63) is 0 Å². The zero-order valence-corrected chi connectivity index (χ0v) is 12.4. The van der Waals surface area contributed by atoms with Gasteiger partial charge in [-0.15, -0.1) is 0 Å². The van der Waals surface area contributed by atoms with E-state index in [1.807, 2.05) is 13.8 Å². The summed E-state index contributed by atoms with van der Waals surface area (Å²) in [7, 11) is 0. The highest BCUT2D eigenvalue weighted by atomic mass is 19.4. The Kier molecular flexibility index (Phi) is 4.62. The van der Waals surface area contributed by atoms with Crippen molar-refractivity contribution in [2.24, 2.45) is 11.0 Å². The number of hydrazone groups is 1. The molecule has 4 atom stereocenters. The van der Waals surface area contributed by atoms with Gasteiger partial charge in [-0.1, -0.05) is 26.7 Å². The first-order chi connectivity index (χ1) is 9.47. The average molecular weight is 291 g/mol. The lowest BCUT2D eigenvalue weighted by Gasteiger charge is -2.49. The largest absolute Gasteiger partial charge is 0.410 e. The number of nitrogens with one attached hydrogen (secondary N) is 1. The number of rotatable bonds is 0. The van der Waals surface area contributed by atoms with Crippen molar-refractivity contribution in [3.8, 4) is 0 Å². The van der Waals surface area contributed by atoms with Gasteiger partial charge in [0.25, 0.3) is 0 Å². The van der Waals surface area contributed by atoms with E-state index in [0.717, 1.165) is 25.0 Å². The fraction of sp³-hybridized carbons (Fsp3) is 0.929. The van der Waals surface area contributed by atoms with E-state index in [9.17, 15) is 13.2 Å². The third kappa shape index (κ3) is 2.80. The molecule has 1 saturated heterocycles. The number of hydrogen-bond donors (Lipinski definition) is 1. The molecule has 2 aliphatic heterocycles. The Morgan fingerprint density at radius 1 is 1.20 bits per heavy atom. The van der Waals surface area contributed by atoms with Gasteiger partial charge in [0.15, 0.2) is 0 Å². The molecule has 3 rings (SSSR count). The Morgan fingerprint density at radius 2 is 1.85 bits per heavy atom. The molecule has 116 valence electrons. The normalized spacial score (nSPS) is 36.5. The minimum atomic E-state index is -4.19. The summed E-state index contributed by atoms with van der Waals surface area (Å²) in [5.41, 5.74) is 0.792. The number of fused-ring (bicyclic) bond motifs is 2. The molecule has 6 heteroatoms. The van der Waals surface area contributed by atoms with E-state index >= 15 is 0 Å². The lowest BCUT2D eigenvalue weighted by atomic mass is 9.77. The summed E-state index contributed by atoms with van der Waals surface area (Å²) in [5.74, 6) is -0.343. The van der Waals surface area contributed by atoms with E-state index in [0.29, 0.717) is 12.8 Å². The Hall–Kier alpha value is -0.780. The summed E-state index contributed by atoms with van der Waals surface area (Å²) in [6.45, 7) is 5.80. The van der Waals surface area contributed by atoms with Crippen molar-refractivity contribution >= 4 is 5.71 Å². The third-order valence-corrected chi connectivity index (χ3v) is 4.35. The van der Waals surface area contributed by atoms with Gasteiger partial charge in [0.05, 0.1) is 0 Å². The van der Waals surface area contributed by atoms with Crippen LogP contribution in [0.25, 0.3) is 0 Å². The van der Waals surface area contributed by atoms with Crippen molar-refractivity contribution in [1.29, 1.82) is 0 Å². The minimum Gasteiger partial charge on any atom is -0.293 e. The predicted molar refractivity (Wildman–Crippen MR) is 73.4 cm³/mol. The first-order valence-corrected chi connectivity index (χ1v) is 7.62. The number of alkyl halides is 3. The maximum absolute atomic E-state index is 13.3. The van der Waals surface area contributed by atoms with E-state index in [1.165, 1.54) is 5.01 Å². The molecule has 0 radical (unpaired) electrons. The van der Waals surface area contributed by atoms with Crippen LogP contribution in [0.4, 0.5) is 13.2 Å². The van der Waals surface area contributed by atoms with Crippen molar-refractivity contribution in [3.63, 3.8) is 0 Å². The third-order valence-electron chi connectivity index (χ3n) is 4.35. The summed E-state index contributed by atoms with van der Waals surface area (Å²) in [6, 6.07) is -1.39. The van der Waals surface area contributed by atoms with Gasteiger partial charge in [0, 0.05) is 24.1 Å². The molecule has 0 bridgehead atoms. The van der Waals surface area contributed by atoms with Gasteiger partial charge in [-0.2, -0.15) is 18.3 Å². The van der Waals surface area contributed by atoms with Crippen molar-refractivity contribution in [2.45, 2.75) is 77.3 Å². The van der Waals surface area contributed by atoms with Crippen LogP contribution in [0.3, 0.4) is 0 Å². The van der Waals surface area contributed by atoms with Crippen LogP contribution in [0.15, 0.2) is 5.10 Å². The van der Waals surface area contributed by atoms with E-state index in [1.54, 1.807) is 6.92 Å². The van der Waals surface area contributed by atoms with Crippen LogP contribution < -0.4 is 5.32 Å². The maximum Gasteiger partial charge on any atom is 0.410 e. The molecule has 0 spiro atoms. The van der Waals surface area contributed by atoms with Crippen LogP contribution in [-0.2, 0) is 0 Å². The van der Waals surface area contributed by atoms with E-state index in [4.69, 9.17) is 0 Å².